The number of carbonyl (C=O) groups is 1. The monoisotopic (exact) mass is 203 g/mol. The van der Waals surface area contributed by atoms with Gasteiger partial charge in [0.05, 0.1) is 6.61 Å². The van der Waals surface area contributed by atoms with Crippen LogP contribution < -0.4 is 0 Å². The minimum absolute atomic E-state index is 0.0875. The molecule has 4 heteroatoms. The van der Waals surface area contributed by atoms with E-state index in [9.17, 15) is 4.79 Å². The maximum absolute atomic E-state index is 11.5. The number of hydrogen-bond acceptors (Lipinski definition) is 3. The van der Waals surface area contributed by atoms with Crippen LogP contribution in [-0.4, -0.2) is 40.7 Å². The van der Waals surface area contributed by atoms with Crippen molar-refractivity contribution >= 4 is 17.0 Å². The SMILES string of the molecule is O=C(SCCO)N1CCCCCC1. The van der Waals surface area contributed by atoms with Crippen molar-refractivity contribution in [2.75, 3.05) is 25.4 Å². The van der Waals surface area contributed by atoms with E-state index in [-0.39, 0.29) is 11.8 Å². The Balaban J connectivity index is 2.26. The van der Waals surface area contributed by atoms with E-state index in [1.54, 1.807) is 0 Å². The first-order valence-corrected chi connectivity index (χ1v) is 5.85. The molecular weight excluding hydrogens is 186 g/mol. The quantitative estimate of drug-likeness (QED) is 0.742. The fourth-order valence-electron chi connectivity index (χ4n) is 1.48. The summed E-state index contributed by atoms with van der Waals surface area (Å²) in [6.07, 6.45) is 4.75. The Morgan fingerprint density at radius 3 is 2.38 bits per heavy atom. The third-order valence-corrected chi connectivity index (χ3v) is 3.07. The molecule has 0 spiro atoms. The Kier molecular flexibility index (Phi) is 5.23. The molecule has 1 fully saturated rings. The van der Waals surface area contributed by atoms with Crippen LogP contribution in [0, 0.1) is 0 Å². The molecule has 1 heterocycles. The van der Waals surface area contributed by atoms with Gasteiger partial charge in [0.15, 0.2) is 0 Å². The molecule has 0 aromatic heterocycles. The molecule has 1 aliphatic heterocycles. The van der Waals surface area contributed by atoms with Crippen LogP contribution >= 0.6 is 11.8 Å². The second-order valence-corrected chi connectivity index (χ2v) is 4.29. The topological polar surface area (TPSA) is 40.5 Å². The lowest BCUT2D eigenvalue weighted by molar-refractivity contribution is 0.225. The summed E-state index contributed by atoms with van der Waals surface area (Å²) >= 11 is 1.23. The molecule has 76 valence electrons. The van der Waals surface area contributed by atoms with Crippen LogP contribution in [0.15, 0.2) is 0 Å². The number of thioether (sulfide) groups is 1. The average molecular weight is 203 g/mol. The van der Waals surface area contributed by atoms with E-state index in [2.05, 4.69) is 0 Å². The van der Waals surface area contributed by atoms with E-state index in [0.29, 0.717) is 5.75 Å². The molecule has 1 saturated heterocycles. The number of nitrogens with zero attached hydrogens (tertiary/aromatic N) is 1. The van der Waals surface area contributed by atoms with Crippen LogP contribution in [0.3, 0.4) is 0 Å². The van der Waals surface area contributed by atoms with Gasteiger partial charge in [-0.05, 0) is 12.8 Å². The Labute approximate surface area is 83.5 Å². The lowest BCUT2D eigenvalue weighted by atomic mass is 10.2. The van der Waals surface area contributed by atoms with E-state index in [1.807, 2.05) is 4.90 Å². The zero-order valence-electron chi connectivity index (χ0n) is 7.87. The van der Waals surface area contributed by atoms with Crippen molar-refractivity contribution in [1.29, 1.82) is 0 Å². The fourth-order valence-corrected chi connectivity index (χ4v) is 2.11. The summed E-state index contributed by atoms with van der Waals surface area (Å²) in [4.78, 5) is 13.4. The highest BCUT2D eigenvalue weighted by Gasteiger charge is 2.14. The highest BCUT2D eigenvalue weighted by Crippen LogP contribution is 2.15. The molecule has 1 amide bonds. The van der Waals surface area contributed by atoms with Crippen LogP contribution in [0.2, 0.25) is 0 Å². The van der Waals surface area contributed by atoms with Crippen molar-refractivity contribution in [3.63, 3.8) is 0 Å². The summed E-state index contributed by atoms with van der Waals surface area (Å²) in [5.41, 5.74) is 0. The smallest absolute Gasteiger partial charge is 0.281 e. The van der Waals surface area contributed by atoms with E-state index in [1.165, 1.54) is 24.6 Å². The Hall–Kier alpha value is -0.220. The van der Waals surface area contributed by atoms with Gasteiger partial charge in [0.2, 0.25) is 0 Å². The van der Waals surface area contributed by atoms with E-state index in [4.69, 9.17) is 5.11 Å². The highest BCUT2D eigenvalue weighted by atomic mass is 32.2. The average Bonchev–Trinajstić information content (AvgIpc) is 2.42. The van der Waals surface area contributed by atoms with Gasteiger partial charge in [0.1, 0.15) is 0 Å². The fraction of sp³-hybridized carbons (Fsp3) is 0.889. The maximum atomic E-state index is 11.5. The summed E-state index contributed by atoms with van der Waals surface area (Å²) in [6, 6.07) is 0. The van der Waals surface area contributed by atoms with Crippen molar-refractivity contribution in [1.82, 2.24) is 4.90 Å². The van der Waals surface area contributed by atoms with Crippen molar-refractivity contribution in [2.24, 2.45) is 0 Å². The van der Waals surface area contributed by atoms with Gasteiger partial charge in [-0.25, -0.2) is 0 Å². The molecule has 3 nitrogen and oxygen atoms in total. The molecule has 0 aromatic carbocycles. The van der Waals surface area contributed by atoms with Crippen LogP contribution in [0.25, 0.3) is 0 Å². The third-order valence-electron chi connectivity index (χ3n) is 2.18. The number of likely N-dealkylation sites (tertiary alicyclic amines) is 1. The van der Waals surface area contributed by atoms with Crippen LogP contribution in [0.1, 0.15) is 25.7 Å². The molecule has 0 aromatic rings. The van der Waals surface area contributed by atoms with Gasteiger partial charge >= 0.3 is 0 Å². The van der Waals surface area contributed by atoms with Gasteiger partial charge in [-0.2, -0.15) is 0 Å². The van der Waals surface area contributed by atoms with Crippen molar-refractivity contribution in [2.45, 2.75) is 25.7 Å². The Bertz CT molecular complexity index is 156. The van der Waals surface area contributed by atoms with Gasteiger partial charge < -0.3 is 10.0 Å². The van der Waals surface area contributed by atoms with Crippen molar-refractivity contribution < 1.29 is 9.90 Å². The van der Waals surface area contributed by atoms with Gasteiger partial charge in [-0.1, -0.05) is 24.6 Å². The largest absolute Gasteiger partial charge is 0.396 e. The first-order chi connectivity index (χ1) is 6.34. The number of hydrogen-bond donors (Lipinski definition) is 1. The highest BCUT2D eigenvalue weighted by molar-refractivity contribution is 8.13. The molecule has 13 heavy (non-hydrogen) atoms. The second kappa shape index (κ2) is 6.27. The zero-order chi connectivity index (χ0) is 9.52. The number of rotatable bonds is 2. The predicted molar refractivity (Wildman–Crippen MR) is 55.0 cm³/mol. The summed E-state index contributed by atoms with van der Waals surface area (Å²) in [7, 11) is 0. The molecule has 0 aliphatic carbocycles. The van der Waals surface area contributed by atoms with Gasteiger partial charge in [0.25, 0.3) is 5.24 Å². The van der Waals surface area contributed by atoms with Gasteiger partial charge in [-0.15, -0.1) is 0 Å². The van der Waals surface area contributed by atoms with Crippen LogP contribution in [-0.2, 0) is 0 Å². The Morgan fingerprint density at radius 1 is 1.23 bits per heavy atom. The second-order valence-electron chi connectivity index (χ2n) is 3.24. The van der Waals surface area contributed by atoms with Crippen LogP contribution in [0.5, 0.6) is 0 Å². The Morgan fingerprint density at radius 2 is 1.85 bits per heavy atom. The summed E-state index contributed by atoms with van der Waals surface area (Å²) in [6.45, 7) is 1.89. The normalized spacial score (nSPS) is 18.4. The molecular formula is C9H17NO2S. The molecule has 1 N–H and O–H groups in total. The summed E-state index contributed by atoms with van der Waals surface area (Å²) in [5.74, 6) is 0.523. The van der Waals surface area contributed by atoms with Crippen molar-refractivity contribution in [3.8, 4) is 0 Å². The maximum Gasteiger partial charge on any atom is 0.281 e. The summed E-state index contributed by atoms with van der Waals surface area (Å²) in [5, 5.41) is 8.71. The minimum atomic E-state index is 0.0875. The first-order valence-electron chi connectivity index (χ1n) is 4.87. The molecule has 1 rings (SSSR count). The number of amides is 1. The number of aliphatic hydroxyl groups is 1. The molecule has 1 aliphatic rings. The molecule has 0 atom stereocenters. The van der Waals surface area contributed by atoms with Gasteiger partial charge in [0, 0.05) is 18.8 Å². The third kappa shape index (κ3) is 4.00. The minimum Gasteiger partial charge on any atom is -0.396 e. The molecule has 0 saturated carbocycles. The molecule has 0 unspecified atom stereocenters. The predicted octanol–water partition coefficient (Wildman–Crippen LogP) is 1.71. The lowest BCUT2D eigenvalue weighted by Crippen LogP contribution is -2.28. The summed E-state index contributed by atoms with van der Waals surface area (Å²) < 4.78 is 0. The standard InChI is InChI=1S/C9H17NO2S/c11-7-8-13-9(12)10-5-3-1-2-4-6-10/h11H,1-8H2. The zero-order valence-corrected chi connectivity index (χ0v) is 8.68. The lowest BCUT2D eigenvalue weighted by Gasteiger charge is -2.18. The van der Waals surface area contributed by atoms with E-state index in [0.717, 1.165) is 25.9 Å². The van der Waals surface area contributed by atoms with E-state index < -0.39 is 0 Å². The van der Waals surface area contributed by atoms with Crippen molar-refractivity contribution in [3.05, 3.63) is 0 Å². The first kappa shape index (κ1) is 10.9. The number of aliphatic hydroxyl groups excluding tert-OH is 1. The van der Waals surface area contributed by atoms with E-state index >= 15 is 0 Å². The molecule has 0 radical (unpaired) electrons. The number of carbonyl (C=O) groups excluding carboxylic acids is 1. The van der Waals surface area contributed by atoms with Crippen LogP contribution in [0.4, 0.5) is 4.79 Å². The molecule has 0 bridgehead atoms. The van der Waals surface area contributed by atoms with Gasteiger partial charge in [-0.3, -0.25) is 4.79 Å².